The molecule has 0 radical (unpaired) electrons. The monoisotopic (exact) mass is 339 g/mol. The lowest BCUT2D eigenvalue weighted by molar-refractivity contribution is 0.354. The summed E-state index contributed by atoms with van der Waals surface area (Å²) in [7, 11) is -0.834. The quantitative estimate of drug-likeness (QED) is 0.873. The number of aromatic nitrogens is 2. The Balaban J connectivity index is 2.30. The summed E-state index contributed by atoms with van der Waals surface area (Å²) in [6.45, 7) is 6.02. The third-order valence-corrected chi connectivity index (χ3v) is 4.64. The summed E-state index contributed by atoms with van der Waals surface area (Å²) < 4.78 is 37.6. The molecule has 1 aromatic heterocycles. The van der Waals surface area contributed by atoms with E-state index in [0.29, 0.717) is 11.5 Å². The fraction of sp³-hybridized carbons (Fsp3) is 0.400. The summed E-state index contributed by atoms with van der Waals surface area (Å²) in [4.78, 5) is 0.0652. The molecule has 0 aliphatic rings. The largest absolute Gasteiger partial charge is 0.493 e. The Morgan fingerprint density at radius 2 is 1.74 bits per heavy atom. The standard InChI is InChI=1S/C15H21N3O4S/c1-15(2,3)13-9-14(17-16-13)18-23(19,20)10-6-7-11(21-4)12(8-10)22-5/h6-9H,1-5H3,(H2,16,17,18). The maximum Gasteiger partial charge on any atom is 0.263 e. The zero-order valence-electron chi connectivity index (χ0n) is 13.8. The van der Waals surface area contributed by atoms with Crippen molar-refractivity contribution in [3.8, 4) is 11.5 Å². The first-order chi connectivity index (χ1) is 10.7. The Kier molecular flexibility index (Phi) is 4.56. The van der Waals surface area contributed by atoms with Crippen LogP contribution in [0.4, 0.5) is 5.82 Å². The lowest BCUT2D eigenvalue weighted by Crippen LogP contribution is -2.13. The van der Waals surface area contributed by atoms with Crippen LogP contribution in [-0.2, 0) is 15.4 Å². The molecule has 2 aromatic rings. The Hall–Kier alpha value is -2.22. The van der Waals surface area contributed by atoms with Crippen LogP contribution in [0.3, 0.4) is 0 Å². The highest BCUT2D eigenvalue weighted by Crippen LogP contribution is 2.30. The first-order valence-electron chi connectivity index (χ1n) is 6.98. The van der Waals surface area contributed by atoms with Gasteiger partial charge in [0.1, 0.15) is 0 Å². The predicted octanol–water partition coefficient (Wildman–Crippen LogP) is 2.53. The van der Waals surface area contributed by atoms with Crippen LogP contribution in [0.15, 0.2) is 29.2 Å². The molecule has 0 amide bonds. The van der Waals surface area contributed by atoms with E-state index in [1.54, 1.807) is 12.1 Å². The van der Waals surface area contributed by atoms with Gasteiger partial charge in [-0.15, -0.1) is 0 Å². The Morgan fingerprint density at radius 1 is 1.09 bits per heavy atom. The van der Waals surface area contributed by atoms with E-state index in [9.17, 15) is 8.42 Å². The van der Waals surface area contributed by atoms with Crippen molar-refractivity contribution in [2.75, 3.05) is 18.9 Å². The topological polar surface area (TPSA) is 93.3 Å². The van der Waals surface area contributed by atoms with E-state index < -0.39 is 10.0 Å². The van der Waals surface area contributed by atoms with Gasteiger partial charge in [-0.1, -0.05) is 20.8 Å². The molecule has 0 atom stereocenters. The third-order valence-electron chi connectivity index (χ3n) is 3.29. The molecule has 2 N–H and O–H groups in total. The van der Waals surface area contributed by atoms with Gasteiger partial charge in [0, 0.05) is 23.2 Å². The summed E-state index contributed by atoms with van der Waals surface area (Å²) >= 11 is 0. The Morgan fingerprint density at radius 3 is 2.26 bits per heavy atom. The van der Waals surface area contributed by atoms with Crippen molar-refractivity contribution in [1.29, 1.82) is 0 Å². The molecule has 0 unspecified atom stereocenters. The number of hydrogen-bond acceptors (Lipinski definition) is 5. The van der Waals surface area contributed by atoms with E-state index in [1.165, 1.54) is 26.4 Å². The predicted molar refractivity (Wildman–Crippen MR) is 87.6 cm³/mol. The van der Waals surface area contributed by atoms with Crippen LogP contribution in [0, 0.1) is 0 Å². The summed E-state index contributed by atoms with van der Waals surface area (Å²) in [6, 6.07) is 6.07. The first-order valence-corrected chi connectivity index (χ1v) is 8.46. The minimum atomic E-state index is -3.77. The number of anilines is 1. The number of rotatable bonds is 5. The summed E-state index contributed by atoms with van der Waals surface area (Å²) in [5, 5.41) is 6.84. The van der Waals surface area contributed by atoms with Gasteiger partial charge in [-0.25, -0.2) is 8.42 Å². The molecule has 8 heteroatoms. The minimum Gasteiger partial charge on any atom is -0.493 e. The fourth-order valence-corrected chi connectivity index (χ4v) is 2.95. The zero-order chi connectivity index (χ0) is 17.3. The second-order valence-corrected chi connectivity index (χ2v) is 7.72. The molecule has 0 spiro atoms. The average molecular weight is 339 g/mol. The van der Waals surface area contributed by atoms with E-state index in [0.717, 1.165) is 5.69 Å². The number of hydrogen-bond donors (Lipinski definition) is 2. The van der Waals surface area contributed by atoms with Crippen LogP contribution in [-0.4, -0.2) is 32.8 Å². The number of methoxy groups -OCH3 is 2. The third kappa shape index (κ3) is 3.76. The van der Waals surface area contributed by atoms with Gasteiger partial charge in [-0.05, 0) is 12.1 Å². The van der Waals surface area contributed by atoms with Crippen LogP contribution >= 0.6 is 0 Å². The molecule has 1 aromatic carbocycles. The number of H-pyrrole nitrogens is 1. The maximum atomic E-state index is 12.5. The molecule has 0 aliphatic carbocycles. The Bertz CT molecular complexity index is 791. The number of aromatic amines is 1. The highest BCUT2D eigenvalue weighted by Gasteiger charge is 2.21. The lowest BCUT2D eigenvalue weighted by Gasteiger charge is -2.14. The van der Waals surface area contributed by atoms with Crippen LogP contribution < -0.4 is 14.2 Å². The van der Waals surface area contributed by atoms with Crippen molar-refractivity contribution in [3.63, 3.8) is 0 Å². The number of benzene rings is 1. The van der Waals surface area contributed by atoms with Crippen molar-refractivity contribution >= 4 is 15.8 Å². The van der Waals surface area contributed by atoms with Gasteiger partial charge in [0.25, 0.3) is 10.0 Å². The molecule has 0 fully saturated rings. The SMILES string of the molecule is COc1ccc(S(=O)(=O)Nc2cc(C(C)(C)C)[nH]n2)cc1OC. The zero-order valence-corrected chi connectivity index (χ0v) is 14.6. The summed E-state index contributed by atoms with van der Waals surface area (Å²) in [5.41, 5.74) is 0.683. The van der Waals surface area contributed by atoms with E-state index >= 15 is 0 Å². The number of ether oxygens (including phenoxy) is 2. The average Bonchev–Trinajstić information content (AvgIpc) is 2.94. The fourth-order valence-electron chi connectivity index (χ4n) is 1.94. The van der Waals surface area contributed by atoms with E-state index in [4.69, 9.17) is 9.47 Å². The van der Waals surface area contributed by atoms with Crippen molar-refractivity contribution in [2.24, 2.45) is 0 Å². The van der Waals surface area contributed by atoms with Crippen LogP contribution in [0.2, 0.25) is 0 Å². The van der Waals surface area contributed by atoms with Crippen molar-refractivity contribution in [3.05, 3.63) is 30.0 Å². The summed E-state index contributed by atoms with van der Waals surface area (Å²) in [5.74, 6) is 1.04. The molecule has 0 aliphatic heterocycles. The minimum absolute atomic E-state index is 0.0652. The second-order valence-electron chi connectivity index (χ2n) is 6.04. The van der Waals surface area contributed by atoms with Crippen molar-refractivity contribution in [1.82, 2.24) is 10.2 Å². The smallest absolute Gasteiger partial charge is 0.263 e. The molecular formula is C15H21N3O4S. The number of nitrogens with zero attached hydrogens (tertiary/aromatic N) is 1. The normalized spacial score (nSPS) is 12.0. The van der Waals surface area contributed by atoms with E-state index in [-0.39, 0.29) is 16.1 Å². The molecule has 0 saturated carbocycles. The van der Waals surface area contributed by atoms with E-state index in [1.807, 2.05) is 20.8 Å². The highest BCUT2D eigenvalue weighted by molar-refractivity contribution is 7.92. The maximum absolute atomic E-state index is 12.5. The van der Waals surface area contributed by atoms with Crippen molar-refractivity contribution in [2.45, 2.75) is 31.1 Å². The van der Waals surface area contributed by atoms with Gasteiger partial charge in [0.05, 0.1) is 19.1 Å². The molecule has 7 nitrogen and oxygen atoms in total. The molecule has 1 heterocycles. The molecule has 23 heavy (non-hydrogen) atoms. The molecule has 2 rings (SSSR count). The van der Waals surface area contributed by atoms with Gasteiger partial charge in [0.2, 0.25) is 0 Å². The molecule has 126 valence electrons. The van der Waals surface area contributed by atoms with Gasteiger partial charge < -0.3 is 9.47 Å². The molecule has 0 bridgehead atoms. The number of nitrogens with one attached hydrogen (secondary N) is 2. The first kappa shape index (κ1) is 17.1. The van der Waals surface area contributed by atoms with Crippen molar-refractivity contribution < 1.29 is 17.9 Å². The second kappa shape index (κ2) is 6.11. The van der Waals surface area contributed by atoms with Crippen LogP contribution in [0.25, 0.3) is 0 Å². The van der Waals surface area contributed by atoms with Crippen LogP contribution in [0.1, 0.15) is 26.5 Å². The Labute approximate surface area is 136 Å². The molecule has 0 saturated heterocycles. The van der Waals surface area contributed by atoms with E-state index in [2.05, 4.69) is 14.9 Å². The van der Waals surface area contributed by atoms with Gasteiger partial charge in [-0.3, -0.25) is 9.82 Å². The van der Waals surface area contributed by atoms with Crippen LogP contribution in [0.5, 0.6) is 11.5 Å². The van der Waals surface area contributed by atoms with Gasteiger partial charge in [-0.2, -0.15) is 5.10 Å². The molecular weight excluding hydrogens is 318 g/mol. The van der Waals surface area contributed by atoms with Gasteiger partial charge >= 0.3 is 0 Å². The summed E-state index contributed by atoms with van der Waals surface area (Å²) in [6.07, 6.45) is 0. The lowest BCUT2D eigenvalue weighted by atomic mass is 9.92. The number of sulfonamides is 1. The highest BCUT2D eigenvalue weighted by atomic mass is 32.2. The van der Waals surface area contributed by atoms with Gasteiger partial charge in [0.15, 0.2) is 17.3 Å².